The first kappa shape index (κ1) is 17.9. The fourth-order valence-corrected chi connectivity index (χ4v) is 3.31. The molecule has 2 aromatic carbocycles. The Kier molecular flexibility index (Phi) is 4.85. The van der Waals surface area contributed by atoms with E-state index < -0.39 is 0 Å². The largest absolute Gasteiger partial charge is 0.322 e. The van der Waals surface area contributed by atoms with Gasteiger partial charge in [-0.2, -0.15) is 0 Å². The van der Waals surface area contributed by atoms with E-state index in [4.69, 9.17) is 0 Å². The number of aromatic nitrogens is 1. The number of amides is 2. The number of para-hydroxylation sites is 1. The van der Waals surface area contributed by atoms with Crippen LogP contribution in [0, 0.1) is 5.82 Å². The number of fused-ring (bicyclic) bond motifs is 1. The lowest BCUT2D eigenvalue weighted by Gasteiger charge is -2.29. The van der Waals surface area contributed by atoms with E-state index in [0.29, 0.717) is 17.8 Å². The zero-order valence-electron chi connectivity index (χ0n) is 15.1. The van der Waals surface area contributed by atoms with Gasteiger partial charge in [-0.05, 0) is 60.9 Å². The molecule has 0 aliphatic carbocycles. The molecule has 1 aliphatic heterocycles. The van der Waals surface area contributed by atoms with Crippen LogP contribution in [-0.2, 0) is 6.42 Å². The molecule has 0 atom stereocenters. The number of hydrogen-bond donors (Lipinski definition) is 1. The summed E-state index contributed by atoms with van der Waals surface area (Å²) < 4.78 is 13.0. The van der Waals surface area contributed by atoms with Gasteiger partial charge in [-0.1, -0.05) is 18.2 Å². The molecule has 1 N–H and O–H groups in total. The van der Waals surface area contributed by atoms with Crippen molar-refractivity contribution in [3.63, 3.8) is 0 Å². The summed E-state index contributed by atoms with van der Waals surface area (Å²) in [6, 6.07) is 16.3. The van der Waals surface area contributed by atoms with Crippen molar-refractivity contribution in [3.05, 3.63) is 89.5 Å². The number of nitrogens with one attached hydrogen (secondary N) is 1. The van der Waals surface area contributed by atoms with E-state index in [1.807, 2.05) is 24.3 Å². The molecule has 0 saturated carbocycles. The first-order valence-electron chi connectivity index (χ1n) is 9.04. The molecular formula is C22H18FN3O2. The van der Waals surface area contributed by atoms with Crippen LogP contribution in [0.5, 0.6) is 0 Å². The predicted molar refractivity (Wildman–Crippen MR) is 105 cm³/mol. The van der Waals surface area contributed by atoms with Crippen LogP contribution in [0.4, 0.5) is 15.8 Å². The molecule has 0 spiro atoms. The Morgan fingerprint density at radius 2 is 1.82 bits per heavy atom. The van der Waals surface area contributed by atoms with Crippen LogP contribution >= 0.6 is 0 Å². The molecule has 6 heteroatoms. The summed E-state index contributed by atoms with van der Waals surface area (Å²) in [4.78, 5) is 31.4. The van der Waals surface area contributed by atoms with Gasteiger partial charge in [0.1, 0.15) is 11.5 Å². The summed E-state index contributed by atoms with van der Waals surface area (Å²) in [5.41, 5.74) is 3.02. The second-order valence-electron chi connectivity index (χ2n) is 6.58. The Bertz CT molecular complexity index is 1030. The first-order valence-corrected chi connectivity index (χ1v) is 9.04. The highest BCUT2D eigenvalue weighted by Crippen LogP contribution is 2.27. The molecule has 2 amide bonds. The SMILES string of the molecule is O=C(Nc1ccc(F)cc1)c1ccnc(C(=O)N2CCCc3ccccc32)c1. The van der Waals surface area contributed by atoms with Gasteiger partial charge in [0.05, 0.1) is 0 Å². The number of carbonyl (C=O) groups excluding carboxylic acids is 2. The number of nitrogens with zero attached hydrogens (tertiary/aromatic N) is 2. The van der Waals surface area contributed by atoms with Crippen molar-refractivity contribution in [1.82, 2.24) is 4.98 Å². The van der Waals surface area contributed by atoms with E-state index in [1.165, 1.54) is 36.5 Å². The second kappa shape index (κ2) is 7.60. The fourth-order valence-electron chi connectivity index (χ4n) is 3.31. The predicted octanol–water partition coefficient (Wildman–Crippen LogP) is 4.07. The van der Waals surface area contributed by atoms with Crippen molar-refractivity contribution in [3.8, 4) is 0 Å². The van der Waals surface area contributed by atoms with Crippen molar-refractivity contribution in [1.29, 1.82) is 0 Å². The zero-order chi connectivity index (χ0) is 19.5. The summed E-state index contributed by atoms with van der Waals surface area (Å²) in [5, 5.41) is 2.69. The number of pyridine rings is 1. The van der Waals surface area contributed by atoms with Gasteiger partial charge in [-0.15, -0.1) is 0 Å². The molecule has 1 aliphatic rings. The van der Waals surface area contributed by atoms with Gasteiger partial charge in [-0.3, -0.25) is 14.6 Å². The van der Waals surface area contributed by atoms with E-state index in [9.17, 15) is 14.0 Å². The number of benzene rings is 2. The van der Waals surface area contributed by atoms with Crippen LogP contribution in [0.25, 0.3) is 0 Å². The maximum atomic E-state index is 13.0. The minimum Gasteiger partial charge on any atom is -0.322 e. The highest BCUT2D eigenvalue weighted by Gasteiger charge is 2.24. The lowest BCUT2D eigenvalue weighted by molar-refractivity contribution is 0.0980. The molecule has 1 aromatic heterocycles. The maximum absolute atomic E-state index is 13.0. The van der Waals surface area contributed by atoms with Gasteiger partial charge in [0, 0.05) is 29.7 Å². The zero-order valence-corrected chi connectivity index (χ0v) is 15.1. The Labute approximate surface area is 161 Å². The lowest BCUT2D eigenvalue weighted by Crippen LogP contribution is -2.36. The number of rotatable bonds is 3. The number of anilines is 2. The van der Waals surface area contributed by atoms with Gasteiger partial charge in [0.2, 0.25) is 0 Å². The number of aryl methyl sites for hydroxylation is 1. The number of carbonyl (C=O) groups is 2. The monoisotopic (exact) mass is 375 g/mol. The maximum Gasteiger partial charge on any atom is 0.276 e. The molecule has 0 bridgehead atoms. The smallest absolute Gasteiger partial charge is 0.276 e. The summed E-state index contributed by atoms with van der Waals surface area (Å²) in [5.74, 6) is -0.998. The standard InChI is InChI=1S/C22H18FN3O2/c23-17-7-9-18(10-8-17)25-21(27)16-11-12-24-19(14-16)22(28)26-13-3-5-15-4-1-2-6-20(15)26/h1-2,4,6-12,14H,3,5,13H2,(H,25,27). The van der Waals surface area contributed by atoms with E-state index in [2.05, 4.69) is 10.3 Å². The van der Waals surface area contributed by atoms with Crippen LogP contribution in [0.15, 0.2) is 66.9 Å². The average Bonchev–Trinajstić information content (AvgIpc) is 2.74. The summed E-state index contributed by atoms with van der Waals surface area (Å²) in [6.07, 6.45) is 3.27. The first-order chi connectivity index (χ1) is 13.6. The van der Waals surface area contributed by atoms with Gasteiger partial charge in [-0.25, -0.2) is 4.39 Å². The highest BCUT2D eigenvalue weighted by atomic mass is 19.1. The molecule has 140 valence electrons. The third-order valence-corrected chi connectivity index (χ3v) is 4.70. The Morgan fingerprint density at radius 3 is 2.64 bits per heavy atom. The number of hydrogen-bond acceptors (Lipinski definition) is 3. The molecule has 3 aromatic rings. The van der Waals surface area contributed by atoms with Gasteiger partial charge in [0.25, 0.3) is 11.8 Å². The van der Waals surface area contributed by atoms with Crippen molar-refractivity contribution in [2.75, 3.05) is 16.8 Å². The summed E-state index contributed by atoms with van der Waals surface area (Å²) >= 11 is 0. The van der Waals surface area contributed by atoms with Crippen molar-refractivity contribution >= 4 is 23.2 Å². The van der Waals surface area contributed by atoms with Crippen molar-refractivity contribution < 1.29 is 14.0 Å². The summed E-state index contributed by atoms with van der Waals surface area (Å²) in [6.45, 7) is 0.615. The van der Waals surface area contributed by atoms with Crippen molar-refractivity contribution in [2.24, 2.45) is 0 Å². The molecule has 0 saturated heterocycles. The van der Waals surface area contributed by atoms with E-state index >= 15 is 0 Å². The van der Waals surface area contributed by atoms with Crippen LogP contribution in [0.2, 0.25) is 0 Å². The molecule has 4 rings (SSSR count). The third-order valence-electron chi connectivity index (χ3n) is 4.70. The molecule has 28 heavy (non-hydrogen) atoms. The van der Waals surface area contributed by atoms with Crippen LogP contribution in [0.3, 0.4) is 0 Å². The van der Waals surface area contributed by atoms with E-state index in [-0.39, 0.29) is 23.3 Å². The minimum absolute atomic E-state index is 0.212. The molecule has 2 heterocycles. The molecule has 5 nitrogen and oxygen atoms in total. The highest BCUT2D eigenvalue weighted by molar-refractivity contribution is 6.09. The minimum atomic E-state index is -0.387. The second-order valence-corrected chi connectivity index (χ2v) is 6.58. The normalized spacial score (nSPS) is 13.0. The summed E-state index contributed by atoms with van der Waals surface area (Å²) in [7, 11) is 0. The van der Waals surface area contributed by atoms with E-state index in [1.54, 1.807) is 11.0 Å². The van der Waals surface area contributed by atoms with Crippen LogP contribution in [0.1, 0.15) is 32.8 Å². The van der Waals surface area contributed by atoms with Gasteiger partial charge >= 0.3 is 0 Å². The topological polar surface area (TPSA) is 62.3 Å². The average molecular weight is 375 g/mol. The molecule has 0 radical (unpaired) electrons. The number of halogens is 1. The fraction of sp³-hybridized carbons (Fsp3) is 0.136. The van der Waals surface area contributed by atoms with Crippen LogP contribution in [-0.4, -0.2) is 23.3 Å². The van der Waals surface area contributed by atoms with Crippen LogP contribution < -0.4 is 10.2 Å². The van der Waals surface area contributed by atoms with Crippen molar-refractivity contribution in [2.45, 2.75) is 12.8 Å². The molecular weight excluding hydrogens is 357 g/mol. The Balaban J connectivity index is 1.56. The lowest BCUT2D eigenvalue weighted by atomic mass is 10.0. The van der Waals surface area contributed by atoms with Gasteiger partial charge in [0.15, 0.2) is 0 Å². The third kappa shape index (κ3) is 3.62. The Morgan fingerprint density at radius 1 is 1.04 bits per heavy atom. The Hall–Kier alpha value is -3.54. The quantitative estimate of drug-likeness (QED) is 0.751. The molecule has 0 unspecified atom stereocenters. The molecule has 0 fully saturated rings. The van der Waals surface area contributed by atoms with Gasteiger partial charge < -0.3 is 10.2 Å². The van der Waals surface area contributed by atoms with E-state index in [0.717, 1.165) is 24.1 Å².